The maximum atomic E-state index is 3.78. The Morgan fingerprint density at radius 3 is 2.62 bits per heavy atom. The van der Waals surface area contributed by atoms with Gasteiger partial charge in [-0.3, -0.25) is 0 Å². The van der Waals surface area contributed by atoms with E-state index >= 15 is 0 Å². The van der Waals surface area contributed by atoms with Crippen molar-refractivity contribution in [3.8, 4) is 0 Å². The second-order valence-electron chi connectivity index (χ2n) is 1.19. The molecule has 0 spiro atoms. The van der Waals surface area contributed by atoms with E-state index in [4.69, 9.17) is 0 Å². The van der Waals surface area contributed by atoms with Gasteiger partial charge in [0.1, 0.15) is 0 Å². The van der Waals surface area contributed by atoms with Gasteiger partial charge in [-0.05, 0) is 0 Å². The molecule has 2 nitrogen and oxygen atoms in total. The summed E-state index contributed by atoms with van der Waals surface area (Å²) in [4.78, 5) is 3.78. The van der Waals surface area contributed by atoms with Crippen LogP contribution in [0.5, 0.6) is 0 Å². The van der Waals surface area contributed by atoms with Gasteiger partial charge in [0.25, 0.3) is 0 Å². The molecule has 0 N–H and O–H groups in total. The molecule has 0 aliphatic carbocycles. The van der Waals surface area contributed by atoms with Gasteiger partial charge < -0.3 is 4.57 Å². The predicted octanol–water partition coefficient (Wildman–Crippen LogP) is 0.981. The molecule has 1 aromatic rings. The van der Waals surface area contributed by atoms with E-state index in [9.17, 15) is 0 Å². The van der Waals surface area contributed by atoms with Gasteiger partial charge in [-0.25, -0.2) is 4.98 Å². The van der Waals surface area contributed by atoms with E-state index in [0.717, 1.165) is 0 Å². The number of aromatic nitrogens is 2. The van der Waals surface area contributed by atoms with Crippen LogP contribution in [0.3, 0.4) is 0 Å². The van der Waals surface area contributed by atoms with Crippen LogP contribution in [-0.4, -0.2) is 9.55 Å². The fraction of sp³-hybridized carbons (Fsp3) is 0. The third-order valence-electron chi connectivity index (χ3n) is 0.736. The van der Waals surface area contributed by atoms with E-state index in [-0.39, 0.29) is 19.8 Å². The Bertz CT molecular complexity index is 145. The second kappa shape index (κ2) is 3.57. The molecule has 0 amide bonds. The second-order valence-corrected chi connectivity index (χ2v) is 1.19. The summed E-state index contributed by atoms with van der Waals surface area (Å²) in [5.41, 5.74) is 0. The molecule has 1 rings (SSSR count). The van der Waals surface area contributed by atoms with Crippen molar-refractivity contribution in [1.29, 1.82) is 0 Å². The molecule has 0 saturated heterocycles. The Kier molecular flexibility index (Phi) is 3.39. The SMILES string of the molecule is C=Cn1ccnc1.[Os]. The molecule has 3 heteroatoms. The fourth-order valence-electron chi connectivity index (χ4n) is 0.377. The van der Waals surface area contributed by atoms with Gasteiger partial charge in [0.15, 0.2) is 0 Å². The van der Waals surface area contributed by atoms with Crippen molar-refractivity contribution in [2.45, 2.75) is 0 Å². The topological polar surface area (TPSA) is 17.8 Å². The summed E-state index contributed by atoms with van der Waals surface area (Å²) in [7, 11) is 0. The van der Waals surface area contributed by atoms with Crippen LogP contribution in [0.25, 0.3) is 6.20 Å². The van der Waals surface area contributed by atoms with Crippen molar-refractivity contribution in [3.63, 3.8) is 0 Å². The molecule has 0 aliphatic heterocycles. The van der Waals surface area contributed by atoms with Crippen LogP contribution in [0.15, 0.2) is 25.3 Å². The van der Waals surface area contributed by atoms with Gasteiger partial charge in [-0.2, -0.15) is 0 Å². The largest absolute Gasteiger partial charge is 0.314 e. The summed E-state index contributed by atoms with van der Waals surface area (Å²) < 4.78 is 1.78. The number of hydrogen-bond donors (Lipinski definition) is 0. The number of nitrogens with zero attached hydrogens (tertiary/aromatic N) is 2. The molecule has 1 heterocycles. The third-order valence-corrected chi connectivity index (χ3v) is 0.736. The van der Waals surface area contributed by atoms with Crippen molar-refractivity contribution >= 4 is 6.20 Å². The predicted molar refractivity (Wildman–Crippen MR) is 28.6 cm³/mol. The summed E-state index contributed by atoms with van der Waals surface area (Å²) in [6.45, 7) is 3.53. The van der Waals surface area contributed by atoms with Gasteiger partial charge in [0.05, 0.1) is 6.33 Å². The van der Waals surface area contributed by atoms with E-state index < -0.39 is 0 Å². The van der Waals surface area contributed by atoms with E-state index in [0.29, 0.717) is 0 Å². The van der Waals surface area contributed by atoms with Crippen molar-refractivity contribution in [1.82, 2.24) is 9.55 Å². The maximum Gasteiger partial charge on any atom is 0.0986 e. The minimum atomic E-state index is 0. The molecule has 0 saturated carbocycles. The Morgan fingerprint density at radius 2 is 2.38 bits per heavy atom. The minimum Gasteiger partial charge on any atom is -0.314 e. The van der Waals surface area contributed by atoms with Gasteiger partial charge in [-0.1, -0.05) is 6.58 Å². The molecule has 0 aliphatic rings. The Hall–Kier alpha value is -0.414. The van der Waals surface area contributed by atoms with Crippen LogP contribution in [0, 0.1) is 0 Å². The number of hydrogen-bond acceptors (Lipinski definition) is 1. The normalized spacial score (nSPS) is 7.50. The van der Waals surface area contributed by atoms with Gasteiger partial charge in [-0.15, -0.1) is 0 Å². The Labute approximate surface area is 61.3 Å². The monoisotopic (exact) mass is 286 g/mol. The Balaban J connectivity index is 0.000000490. The van der Waals surface area contributed by atoms with Crippen molar-refractivity contribution < 1.29 is 19.8 Å². The van der Waals surface area contributed by atoms with Crippen molar-refractivity contribution in [2.24, 2.45) is 0 Å². The third kappa shape index (κ3) is 1.59. The van der Waals surface area contributed by atoms with Gasteiger partial charge in [0.2, 0.25) is 0 Å². The summed E-state index contributed by atoms with van der Waals surface area (Å²) in [6.07, 6.45) is 6.91. The average Bonchev–Trinajstić information content (AvgIpc) is 2.14. The van der Waals surface area contributed by atoms with E-state index in [1.54, 1.807) is 23.3 Å². The number of imidazole rings is 1. The quantitative estimate of drug-likeness (QED) is 0.752. The van der Waals surface area contributed by atoms with Crippen LogP contribution in [0.2, 0.25) is 0 Å². The van der Waals surface area contributed by atoms with E-state index in [2.05, 4.69) is 11.6 Å². The zero-order chi connectivity index (χ0) is 5.11. The molecular formula is C5H6N2Os. The molecule has 0 unspecified atom stereocenters. The molecule has 0 radical (unpaired) electrons. The van der Waals surface area contributed by atoms with Crippen molar-refractivity contribution in [3.05, 3.63) is 25.3 Å². The van der Waals surface area contributed by atoms with Crippen LogP contribution >= 0.6 is 0 Å². The summed E-state index contributed by atoms with van der Waals surface area (Å²) in [6, 6.07) is 0. The first-order chi connectivity index (χ1) is 3.43. The minimum absolute atomic E-state index is 0. The molecule has 0 bridgehead atoms. The van der Waals surface area contributed by atoms with Crippen LogP contribution in [0.4, 0.5) is 0 Å². The first-order valence-electron chi connectivity index (χ1n) is 2.03. The first-order valence-corrected chi connectivity index (χ1v) is 2.03. The van der Waals surface area contributed by atoms with Gasteiger partial charge >= 0.3 is 0 Å². The number of rotatable bonds is 1. The standard InChI is InChI=1S/C5H6N2.Os/c1-2-7-4-3-6-5-7;/h2-5H,1H2;. The van der Waals surface area contributed by atoms with E-state index in [1.807, 2.05) is 6.20 Å². The zero-order valence-corrected chi connectivity index (χ0v) is 6.80. The summed E-state index contributed by atoms with van der Waals surface area (Å²) >= 11 is 0. The fourth-order valence-corrected chi connectivity index (χ4v) is 0.377. The molecule has 0 fully saturated rings. The molecule has 8 heavy (non-hydrogen) atoms. The molecule has 0 atom stereocenters. The Morgan fingerprint density at radius 1 is 1.62 bits per heavy atom. The smallest absolute Gasteiger partial charge is 0.0986 e. The van der Waals surface area contributed by atoms with Crippen LogP contribution in [0.1, 0.15) is 0 Å². The summed E-state index contributed by atoms with van der Waals surface area (Å²) in [5, 5.41) is 0. The maximum absolute atomic E-state index is 3.78. The van der Waals surface area contributed by atoms with Gasteiger partial charge in [0, 0.05) is 38.4 Å². The van der Waals surface area contributed by atoms with E-state index in [1.165, 1.54) is 0 Å². The average molecular weight is 284 g/mol. The summed E-state index contributed by atoms with van der Waals surface area (Å²) in [5.74, 6) is 0. The van der Waals surface area contributed by atoms with Crippen molar-refractivity contribution in [2.75, 3.05) is 0 Å². The van der Waals surface area contributed by atoms with Crippen LogP contribution < -0.4 is 0 Å². The molecular weight excluding hydrogens is 278 g/mol. The molecule has 1 aromatic heterocycles. The molecule has 44 valence electrons. The molecule has 0 aromatic carbocycles. The zero-order valence-electron chi connectivity index (χ0n) is 4.26. The van der Waals surface area contributed by atoms with Crippen LogP contribution in [-0.2, 0) is 19.8 Å². The first kappa shape index (κ1) is 7.59.